The van der Waals surface area contributed by atoms with Crippen LogP contribution in [0, 0.1) is 12.7 Å². The maximum Gasteiger partial charge on any atom is 0.261 e. The van der Waals surface area contributed by atoms with E-state index in [1.54, 1.807) is 0 Å². The molecular weight excluding hydrogens is 437 g/mol. The molecule has 3 aromatic rings. The van der Waals surface area contributed by atoms with Crippen LogP contribution in [-0.2, 0) is 16.4 Å². The molecule has 0 saturated heterocycles. The molecule has 0 aliphatic rings. The third-order valence-electron chi connectivity index (χ3n) is 4.04. The van der Waals surface area contributed by atoms with Gasteiger partial charge in [-0.3, -0.25) is 14.8 Å². The molecule has 2 N–H and O–H groups in total. The normalized spacial score (nSPS) is 11.3. The second kappa shape index (κ2) is 8.48. The number of halogens is 2. The topological polar surface area (TPSA) is 88.2 Å². The van der Waals surface area contributed by atoms with Gasteiger partial charge in [0.1, 0.15) is 5.82 Å². The quantitative estimate of drug-likeness (QED) is 0.557. The lowest BCUT2D eigenvalue weighted by Crippen LogP contribution is -2.16. The maximum atomic E-state index is 13.0. The number of hydrogen-bond donors (Lipinski definition) is 2. The minimum absolute atomic E-state index is 0.000417. The fourth-order valence-corrected chi connectivity index (χ4v) is 4.74. The second-order valence-corrected chi connectivity index (χ2v) is 9.38. The largest absolute Gasteiger partial charge is 0.298 e. The van der Waals surface area contributed by atoms with E-state index in [0.717, 1.165) is 29.1 Å². The Hall–Kier alpha value is -2.49. The Kier molecular flexibility index (Phi) is 6.21. The molecule has 1 amide bonds. The molecule has 0 aliphatic heterocycles. The Labute approximate surface area is 176 Å². The first-order chi connectivity index (χ1) is 13.7. The predicted molar refractivity (Wildman–Crippen MR) is 113 cm³/mol. The van der Waals surface area contributed by atoms with Gasteiger partial charge < -0.3 is 0 Å². The summed E-state index contributed by atoms with van der Waals surface area (Å²) in [5.41, 5.74) is 1.08. The molecule has 2 aromatic carbocycles. The minimum atomic E-state index is -4.00. The number of amides is 1. The number of nitrogens with one attached hydrogen (secondary N) is 2. The summed E-state index contributed by atoms with van der Waals surface area (Å²) < 4.78 is 40.6. The van der Waals surface area contributed by atoms with Gasteiger partial charge in [0.2, 0.25) is 0 Å². The van der Waals surface area contributed by atoms with E-state index in [1.165, 1.54) is 41.7 Å². The molecule has 1 aromatic heterocycles. The van der Waals surface area contributed by atoms with Crippen LogP contribution in [0.1, 0.15) is 27.9 Å². The van der Waals surface area contributed by atoms with Crippen molar-refractivity contribution in [3.8, 4) is 0 Å². The molecule has 0 unspecified atom stereocenters. The molecule has 0 saturated carbocycles. The van der Waals surface area contributed by atoms with E-state index >= 15 is 0 Å². The van der Waals surface area contributed by atoms with Crippen LogP contribution in [-0.4, -0.2) is 19.3 Å². The minimum Gasteiger partial charge on any atom is -0.298 e. The molecule has 0 aliphatic carbocycles. The molecule has 152 valence electrons. The SMILES string of the molecule is CCc1nc(NC(=O)c2cc(S(=O)(=O)Nc3ccc(F)cc3)ccc2Cl)sc1C. The van der Waals surface area contributed by atoms with Gasteiger partial charge in [0, 0.05) is 10.6 Å². The number of anilines is 2. The van der Waals surface area contributed by atoms with Gasteiger partial charge in [0.15, 0.2) is 5.13 Å². The highest BCUT2D eigenvalue weighted by molar-refractivity contribution is 7.92. The fourth-order valence-electron chi connectivity index (χ4n) is 2.55. The van der Waals surface area contributed by atoms with Gasteiger partial charge in [-0.15, -0.1) is 11.3 Å². The van der Waals surface area contributed by atoms with Gasteiger partial charge in [-0.2, -0.15) is 0 Å². The number of hydrogen-bond acceptors (Lipinski definition) is 5. The molecule has 1 heterocycles. The first-order valence-corrected chi connectivity index (χ1v) is 11.2. The Morgan fingerprint density at radius 2 is 1.90 bits per heavy atom. The summed E-state index contributed by atoms with van der Waals surface area (Å²) in [6.07, 6.45) is 0.738. The highest BCUT2D eigenvalue weighted by Gasteiger charge is 2.20. The summed E-state index contributed by atoms with van der Waals surface area (Å²) in [5.74, 6) is -1.05. The zero-order chi connectivity index (χ0) is 21.2. The van der Waals surface area contributed by atoms with Crippen molar-refractivity contribution in [2.45, 2.75) is 25.2 Å². The van der Waals surface area contributed by atoms with Crippen LogP contribution in [0.3, 0.4) is 0 Å². The Bertz CT molecular complexity index is 1160. The van der Waals surface area contributed by atoms with Crippen molar-refractivity contribution >= 4 is 49.7 Å². The van der Waals surface area contributed by atoms with Crippen molar-refractivity contribution < 1.29 is 17.6 Å². The van der Waals surface area contributed by atoms with Crippen molar-refractivity contribution in [2.24, 2.45) is 0 Å². The lowest BCUT2D eigenvalue weighted by atomic mass is 10.2. The van der Waals surface area contributed by atoms with Crippen LogP contribution in [0.15, 0.2) is 47.4 Å². The van der Waals surface area contributed by atoms with E-state index in [2.05, 4.69) is 15.0 Å². The Morgan fingerprint density at radius 1 is 1.21 bits per heavy atom. The van der Waals surface area contributed by atoms with Crippen LogP contribution in [0.5, 0.6) is 0 Å². The van der Waals surface area contributed by atoms with Crippen LogP contribution >= 0.6 is 22.9 Å². The predicted octanol–water partition coefficient (Wildman–Crippen LogP) is 4.86. The van der Waals surface area contributed by atoms with Gasteiger partial charge in [-0.1, -0.05) is 18.5 Å². The van der Waals surface area contributed by atoms with Gasteiger partial charge in [-0.25, -0.2) is 17.8 Å². The molecule has 0 atom stereocenters. The van der Waals surface area contributed by atoms with Crippen LogP contribution in [0.4, 0.5) is 15.2 Å². The maximum absolute atomic E-state index is 13.0. The molecule has 0 bridgehead atoms. The van der Waals surface area contributed by atoms with Gasteiger partial charge in [0.25, 0.3) is 15.9 Å². The summed E-state index contributed by atoms with van der Waals surface area (Å²) in [6.45, 7) is 3.88. The summed E-state index contributed by atoms with van der Waals surface area (Å²) in [7, 11) is -4.00. The van der Waals surface area contributed by atoms with E-state index in [1.807, 2.05) is 13.8 Å². The van der Waals surface area contributed by atoms with E-state index < -0.39 is 21.7 Å². The number of carbonyl (C=O) groups excluding carboxylic acids is 1. The number of nitrogens with zero attached hydrogens (tertiary/aromatic N) is 1. The summed E-state index contributed by atoms with van der Waals surface area (Å²) in [4.78, 5) is 17.8. The Balaban J connectivity index is 1.86. The lowest BCUT2D eigenvalue weighted by molar-refractivity contribution is 0.102. The first kappa shape index (κ1) is 21.2. The highest BCUT2D eigenvalue weighted by atomic mass is 35.5. The number of rotatable bonds is 6. The molecule has 6 nitrogen and oxygen atoms in total. The number of carbonyl (C=O) groups is 1. The third-order valence-corrected chi connectivity index (χ3v) is 6.67. The van der Waals surface area contributed by atoms with E-state index in [0.29, 0.717) is 5.13 Å². The smallest absolute Gasteiger partial charge is 0.261 e. The molecule has 29 heavy (non-hydrogen) atoms. The highest BCUT2D eigenvalue weighted by Crippen LogP contribution is 2.26. The number of sulfonamides is 1. The standard InChI is InChI=1S/C19H17ClFN3O3S2/c1-3-17-11(2)28-19(22-17)23-18(25)15-10-14(8-9-16(15)20)29(26,27)24-13-6-4-12(21)5-7-13/h4-10,24H,3H2,1-2H3,(H,22,23,25). The van der Waals surface area contributed by atoms with Crippen LogP contribution in [0.2, 0.25) is 5.02 Å². The monoisotopic (exact) mass is 453 g/mol. The molecule has 0 radical (unpaired) electrons. The zero-order valence-corrected chi connectivity index (χ0v) is 17.9. The van der Waals surface area contributed by atoms with Gasteiger partial charge in [-0.05, 0) is 55.8 Å². The third kappa shape index (κ3) is 4.92. The average Bonchev–Trinajstić information content (AvgIpc) is 3.02. The molecule has 0 fully saturated rings. The van der Waals surface area contributed by atoms with Crippen LogP contribution < -0.4 is 10.0 Å². The summed E-state index contributed by atoms with van der Waals surface area (Å²) in [6, 6.07) is 8.68. The molecule has 0 spiro atoms. The number of thiazole rings is 1. The fraction of sp³-hybridized carbons (Fsp3) is 0.158. The van der Waals surface area contributed by atoms with Crippen molar-refractivity contribution in [1.82, 2.24) is 4.98 Å². The van der Waals surface area contributed by atoms with Crippen molar-refractivity contribution in [2.75, 3.05) is 10.0 Å². The van der Waals surface area contributed by atoms with Crippen molar-refractivity contribution in [1.29, 1.82) is 0 Å². The van der Waals surface area contributed by atoms with Crippen LogP contribution in [0.25, 0.3) is 0 Å². The summed E-state index contributed by atoms with van der Waals surface area (Å²) >= 11 is 7.45. The Morgan fingerprint density at radius 3 is 2.52 bits per heavy atom. The van der Waals surface area contributed by atoms with Crippen molar-refractivity contribution in [3.05, 3.63) is 69.4 Å². The second-order valence-electron chi connectivity index (χ2n) is 6.08. The van der Waals surface area contributed by atoms with E-state index in [-0.39, 0.29) is 21.2 Å². The van der Waals surface area contributed by atoms with Crippen molar-refractivity contribution in [3.63, 3.8) is 0 Å². The molecule has 3 rings (SSSR count). The molecule has 10 heteroatoms. The number of benzene rings is 2. The molecular formula is C19H17ClFN3O3S2. The lowest BCUT2D eigenvalue weighted by Gasteiger charge is -2.10. The van der Waals surface area contributed by atoms with E-state index in [4.69, 9.17) is 11.6 Å². The van der Waals surface area contributed by atoms with E-state index in [9.17, 15) is 17.6 Å². The number of aryl methyl sites for hydroxylation is 2. The average molecular weight is 454 g/mol. The zero-order valence-electron chi connectivity index (χ0n) is 15.5. The summed E-state index contributed by atoms with van der Waals surface area (Å²) in [5, 5.41) is 3.18. The first-order valence-electron chi connectivity index (χ1n) is 8.55. The number of aromatic nitrogens is 1. The van der Waals surface area contributed by atoms with Gasteiger partial charge >= 0.3 is 0 Å². The van der Waals surface area contributed by atoms with Gasteiger partial charge in [0.05, 0.1) is 21.2 Å².